The molecule has 0 spiro atoms. The summed E-state index contributed by atoms with van der Waals surface area (Å²) in [6.07, 6.45) is 0. The van der Waals surface area contributed by atoms with E-state index in [2.05, 4.69) is 31.2 Å². The molecule has 2 heteroatoms. The van der Waals surface area contributed by atoms with Gasteiger partial charge in [-0.3, -0.25) is 0 Å². The molecule has 2 aromatic carbocycles. The zero-order chi connectivity index (χ0) is 12.4. The van der Waals surface area contributed by atoms with Gasteiger partial charge in [0, 0.05) is 5.02 Å². The Balaban J connectivity index is 2.36. The third-order valence-electron chi connectivity index (χ3n) is 2.94. The lowest BCUT2D eigenvalue weighted by Crippen LogP contribution is -2.12. The molecular formula is C15H16ClN. The molecule has 0 heterocycles. The maximum Gasteiger partial charge on any atom is 0.0551 e. The van der Waals surface area contributed by atoms with Gasteiger partial charge in [0.2, 0.25) is 0 Å². The molecule has 2 N–H and O–H groups in total. The molecule has 17 heavy (non-hydrogen) atoms. The molecule has 1 nitrogen and oxygen atoms in total. The molecule has 0 amide bonds. The average Bonchev–Trinajstić information content (AvgIpc) is 2.32. The van der Waals surface area contributed by atoms with E-state index in [1.54, 1.807) is 0 Å². The summed E-state index contributed by atoms with van der Waals surface area (Å²) in [5.41, 5.74) is 10.8. The Morgan fingerprint density at radius 2 is 1.71 bits per heavy atom. The third kappa shape index (κ3) is 2.68. The first kappa shape index (κ1) is 12.2. The van der Waals surface area contributed by atoms with Crippen molar-refractivity contribution in [3.63, 3.8) is 0 Å². The maximum atomic E-state index is 6.26. The van der Waals surface area contributed by atoms with E-state index in [4.69, 9.17) is 17.3 Å². The molecule has 2 rings (SSSR count). The van der Waals surface area contributed by atoms with E-state index in [-0.39, 0.29) is 6.04 Å². The fourth-order valence-corrected chi connectivity index (χ4v) is 2.03. The van der Waals surface area contributed by atoms with Gasteiger partial charge in [-0.1, -0.05) is 53.6 Å². The van der Waals surface area contributed by atoms with Gasteiger partial charge in [0.15, 0.2) is 0 Å². The summed E-state index contributed by atoms with van der Waals surface area (Å²) in [6, 6.07) is 14.1. The van der Waals surface area contributed by atoms with Gasteiger partial charge in [-0.05, 0) is 36.6 Å². The Morgan fingerprint density at radius 3 is 2.35 bits per heavy atom. The van der Waals surface area contributed by atoms with E-state index in [9.17, 15) is 0 Å². The minimum absolute atomic E-state index is 0.0918. The molecule has 1 unspecified atom stereocenters. The van der Waals surface area contributed by atoms with Crippen molar-refractivity contribution in [2.75, 3.05) is 0 Å². The van der Waals surface area contributed by atoms with Gasteiger partial charge in [-0.15, -0.1) is 0 Å². The molecular weight excluding hydrogens is 230 g/mol. The normalized spacial score (nSPS) is 12.5. The highest BCUT2D eigenvalue weighted by atomic mass is 35.5. The second-order valence-corrected chi connectivity index (χ2v) is 4.81. The first-order valence-electron chi connectivity index (χ1n) is 5.66. The molecule has 0 fully saturated rings. The molecule has 0 bridgehead atoms. The molecule has 0 aliphatic heterocycles. The van der Waals surface area contributed by atoms with Crippen molar-refractivity contribution in [3.05, 3.63) is 69.7 Å². The lowest BCUT2D eigenvalue weighted by atomic mass is 9.97. The van der Waals surface area contributed by atoms with Crippen molar-refractivity contribution in [1.29, 1.82) is 0 Å². The molecule has 88 valence electrons. The standard InChI is InChI=1S/C15H16ClN/c1-10-4-3-5-12(8-10)15(17)13-6-7-14(16)11(2)9-13/h3-9,15H,17H2,1-2H3. The van der Waals surface area contributed by atoms with E-state index in [1.165, 1.54) is 5.56 Å². The lowest BCUT2D eigenvalue weighted by molar-refractivity contribution is 0.868. The van der Waals surface area contributed by atoms with Crippen molar-refractivity contribution < 1.29 is 0 Å². The van der Waals surface area contributed by atoms with Crippen LogP contribution in [0.25, 0.3) is 0 Å². The maximum absolute atomic E-state index is 6.26. The van der Waals surface area contributed by atoms with Crippen molar-refractivity contribution in [3.8, 4) is 0 Å². The summed E-state index contributed by atoms with van der Waals surface area (Å²) in [6.45, 7) is 4.07. The van der Waals surface area contributed by atoms with Crippen LogP contribution >= 0.6 is 11.6 Å². The van der Waals surface area contributed by atoms with Crippen molar-refractivity contribution in [1.82, 2.24) is 0 Å². The Morgan fingerprint density at radius 1 is 1.00 bits per heavy atom. The number of rotatable bonds is 2. The second-order valence-electron chi connectivity index (χ2n) is 4.40. The lowest BCUT2D eigenvalue weighted by Gasteiger charge is -2.14. The van der Waals surface area contributed by atoms with E-state index < -0.39 is 0 Å². The third-order valence-corrected chi connectivity index (χ3v) is 3.37. The van der Waals surface area contributed by atoms with Gasteiger partial charge in [-0.2, -0.15) is 0 Å². The van der Waals surface area contributed by atoms with E-state index in [0.717, 1.165) is 21.7 Å². The quantitative estimate of drug-likeness (QED) is 0.850. The zero-order valence-electron chi connectivity index (χ0n) is 10.1. The molecule has 0 saturated heterocycles. The number of hydrogen-bond acceptors (Lipinski definition) is 1. The van der Waals surface area contributed by atoms with Gasteiger partial charge in [0.1, 0.15) is 0 Å². The predicted octanol–water partition coefficient (Wildman–Crippen LogP) is 4.00. The highest BCUT2D eigenvalue weighted by molar-refractivity contribution is 6.31. The van der Waals surface area contributed by atoms with Crippen LogP contribution in [0.2, 0.25) is 5.02 Å². The smallest absolute Gasteiger partial charge is 0.0551 e. The van der Waals surface area contributed by atoms with Gasteiger partial charge < -0.3 is 5.73 Å². The van der Waals surface area contributed by atoms with E-state index in [1.807, 2.05) is 25.1 Å². The van der Waals surface area contributed by atoms with Gasteiger partial charge in [0.05, 0.1) is 6.04 Å². The zero-order valence-corrected chi connectivity index (χ0v) is 10.8. The van der Waals surface area contributed by atoms with Crippen LogP contribution < -0.4 is 5.73 Å². The van der Waals surface area contributed by atoms with Crippen LogP contribution in [0.15, 0.2) is 42.5 Å². The summed E-state index contributed by atoms with van der Waals surface area (Å²) >= 11 is 6.02. The molecule has 0 aromatic heterocycles. The SMILES string of the molecule is Cc1cccc(C(N)c2ccc(Cl)c(C)c2)c1. The topological polar surface area (TPSA) is 26.0 Å². The van der Waals surface area contributed by atoms with E-state index in [0.29, 0.717) is 0 Å². The Labute approximate surface area is 107 Å². The van der Waals surface area contributed by atoms with Crippen LogP contribution in [-0.2, 0) is 0 Å². The first-order chi connectivity index (χ1) is 8.08. The summed E-state index contributed by atoms with van der Waals surface area (Å²) < 4.78 is 0. The molecule has 0 radical (unpaired) electrons. The summed E-state index contributed by atoms with van der Waals surface area (Å²) in [5.74, 6) is 0. The number of halogens is 1. The minimum Gasteiger partial charge on any atom is -0.320 e. The van der Waals surface area contributed by atoms with Crippen molar-refractivity contribution in [2.24, 2.45) is 5.73 Å². The first-order valence-corrected chi connectivity index (χ1v) is 6.04. The molecule has 1 atom stereocenters. The van der Waals surface area contributed by atoms with Crippen LogP contribution in [0.4, 0.5) is 0 Å². The number of hydrogen-bond donors (Lipinski definition) is 1. The predicted molar refractivity (Wildman–Crippen MR) is 73.4 cm³/mol. The van der Waals surface area contributed by atoms with Gasteiger partial charge in [0.25, 0.3) is 0 Å². The van der Waals surface area contributed by atoms with Crippen LogP contribution in [0.3, 0.4) is 0 Å². The van der Waals surface area contributed by atoms with Crippen LogP contribution in [0.1, 0.15) is 28.3 Å². The van der Waals surface area contributed by atoms with Crippen LogP contribution in [0, 0.1) is 13.8 Å². The number of benzene rings is 2. The summed E-state index contributed by atoms with van der Waals surface area (Å²) in [4.78, 5) is 0. The minimum atomic E-state index is -0.0918. The number of nitrogens with two attached hydrogens (primary N) is 1. The highest BCUT2D eigenvalue weighted by Gasteiger charge is 2.09. The Bertz CT molecular complexity index is 534. The molecule has 0 saturated carbocycles. The fourth-order valence-electron chi connectivity index (χ4n) is 1.92. The molecule has 0 aliphatic rings. The molecule has 2 aromatic rings. The second kappa shape index (κ2) is 4.91. The Hall–Kier alpha value is -1.31. The largest absolute Gasteiger partial charge is 0.320 e. The van der Waals surface area contributed by atoms with Crippen molar-refractivity contribution in [2.45, 2.75) is 19.9 Å². The van der Waals surface area contributed by atoms with Crippen molar-refractivity contribution >= 4 is 11.6 Å². The monoisotopic (exact) mass is 245 g/mol. The van der Waals surface area contributed by atoms with Gasteiger partial charge >= 0.3 is 0 Å². The average molecular weight is 246 g/mol. The Kier molecular flexibility index (Phi) is 3.51. The highest BCUT2D eigenvalue weighted by Crippen LogP contribution is 2.24. The molecule has 0 aliphatic carbocycles. The summed E-state index contributed by atoms with van der Waals surface area (Å²) in [5, 5.41) is 0.783. The van der Waals surface area contributed by atoms with Gasteiger partial charge in [-0.25, -0.2) is 0 Å². The number of aryl methyl sites for hydroxylation is 2. The summed E-state index contributed by atoms with van der Waals surface area (Å²) in [7, 11) is 0. The fraction of sp³-hybridized carbons (Fsp3) is 0.200. The van der Waals surface area contributed by atoms with Crippen LogP contribution in [0.5, 0.6) is 0 Å². The van der Waals surface area contributed by atoms with Crippen LogP contribution in [-0.4, -0.2) is 0 Å². The van der Waals surface area contributed by atoms with E-state index >= 15 is 0 Å².